The maximum Gasteiger partial charge on any atom is 0.257 e. The van der Waals surface area contributed by atoms with Gasteiger partial charge < -0.3 is 4.90 Å². The largest absolute Gasteiger partial charge is 0.338 e. The molecule has 0 bridgehead atoms. The second kappa shape index (κ2) is 5.94. The van der Waals surface area contributed by atoms with Crippen LogP contribution in [-0.4, -0.2) is 43.9 Å². The lowest BCUT2D eigenvalue weighted by Gasteiger charge is -2.39. The van der Waals surface area contributed by atoms with Crippen molar-refractivity contribution in [2.75, 3.05) is 13.1 Å². The van der Waals surface area contributed by atoms with Crippen molar-refractivity contribution in [2.45, 2.75) is 45.1 Å². The van der Waals surface area contributed by atoms with E-state index in [1.807, 2.05) is 21.8 Å². The molecule has 118 valence electrons. The van der Waals surface area contributed by atoms with Gasteiger partial charge in [-0.05, 0) is 25.3 Å². The highest BCUT2D eigenvalue weighted by Crippen LogP contribution is 2.32. The van der Waals surface area contributed by atoms with E-state index in [1.54, 1.807) is 12.4 Å². The summed E-state index contributed by atoms with van der Waals surface area (Å²) >= 11 is 0. The van der Waals surface area contributed by atoms with Crippen LogP contribution in [0.15, 0.2) is 24.7 Å². The van der Waals surface area contributed by atoms with Crippen LogP contribution < -0.4 is 0 Å². The number of aromatic nitrogens is 4. The molecule has 0 unspecified atom stereocenters. The molecule has 1 fully saturated rings. The molecule has 1 aliphatic heterocycles. The Morgan fingerprint density at radius 1 is 1.50 bits per heavy atom. The summed E-state index contributed by atoms with van der Waals surface area (Å²) in [6.45, 7) is 6.66. The zero-order chi connectivity index (χ0) is 15.6. The van der Waals surface area contributed by atoms with E-state index < -0.39 is 0 Å². The van der Waals surface area contributed by atoms with Crippen molar-refractivity contribution < 1.29 is 4.79 Å². The van der Waals surface area contributed by atoms with Gasteiger partial charge in [-0.1, -0.05) is 13.8 Å². The summed E-state index contributed by atoms with van der Waals surface area (Å²) < 4.78 is 1.84. The van der Waals surface area contributed by atoms with Crippen molar-refractivity contribution in [1.29, 1.82) is 0 Å². The number of nitrogens with one attached hydrogen (secondary N) is 1. The van der Waals surface area contributed by atoms with Crippen LogP contribution in [-0.2, 0) is 12.0 Å². The van der Waals surface area contributed by atoms with E-state index in [1.165, 1.54) is 0 Å². The van der Waals surface area contributed by atoms with E-state index in [9.17, 15) is 4.79 Å². The first-order valence-corrected chi connectivity index (χ1v) is 7.94. The highest BCUT2D eigenvalue weighted by atomic mass is 16.2. The Labute approximate surface area is 130 Å². The van der Waals surface area contributed by atoms with Crippen LogP contribution >= 0.6 is 0 Å². The first kappa shape index (κ1) is 14.8. The van der Waals surface area contributed by atoms with E-state index in [4.69, 9.17) is 0 Å². The quantitative estimate of drug-likeness (QED) is 0.941. The number of rotatable bonds is 4. The van der Waals surface area contributed by atoms with Gasteiger partial charge in [-0.2, -0.15) is 10.2 Å². The fourth-order valence-corrected chi connectivity index (χ4v) is 3.23. The lowest BCUT2D eigenvalue weighted by molar-refractivity contribution is 0.0647. The summed E-state index contributed by atoms with van der Waals surface area (Å²) in [7, 11) is 0. The third-order valence-corrected chi connectivity index (χ3v) is 4.47. The molecule has 1 aliphatic rings. The summed E-state index contributed by atoms with van der Waals surface area (Å²) in [6.07, 6.45) is 8.39. The number of nitrogens with zero attached hydrogens (tertiary/aromatic N) is 4. The highest BCUT2D eigenvalue weighted by Gasteiger charge is 2.36. The minimum atomic E-state index is -0.0518. The number of H-pyrrole nitrogens is 1. The zero-order valence-electron chi connectivity index (χ0n) is 13.2. The molecule has 2 aromatic heterocycles. The maximum absolute atomic E-state index is 12.7. The second-order valence-corrected chi connectivity index (χ2v) is 6.35. The van der Waals surface area contributed by atoms with Crippen LogP contribution in [0.3, 0.4) is 0 Å². The standard InChI is InChI=1S/C16H23N5O/c1-3-8-21-11-13(10-18-21)15(22)20-9-4-6-16(2,12-20)14-5-7-17-19-14/h5,7,10-11H,3-4,6,8-9,12H2,1-2H3,(H,17,19)/t16-/m0/s1. The molecule has 1 atom stereocenters. The molecule has 22 heavy (non-hydrogen) atoms. The molecular formula is C16H23N5O. The van der Waals surface area contributed by atoms with Crippen molar-refractivity contribution in [1.82, 2.24) is 24.9 Å². The average molecular weight is 301 g/mol. The number of carbonyl (C=O) groups is 1. The van der Waals surface area contributed by atoms with Crippen molar-refractivity contribution in [3.8, 4) is 0 Å². The monoisotopic (exact) mass is 301 g/mol. The van der Waals surface area contributed by atoms with E-state index in [-0.39, 0.29) is 11.3 Å². The molecule has 0 saturated carbocycles. The Kier molecular flexibility index (Phi) is 4.00. The van der Waals surface area contributed by atoms with Gasteiger partial charge in [-0.3, -0.25) is 14.6 Å². The molecular weight excluding hydrogens is 278 g/mol. The Morgan fingerprint density at radius 3 is 3.09 bits per heavy atom. The SMILES string of the molecule is CCCn1cc(C(=O)N2CCC[C@](C)(c3ccn[nH]3)C2)cn1. The molecule has 6 heteroatoms. The summed E-state index contributed by atoms with van der Waals surface area (Å²) in [5, 5.41) is 11.4. The van der Waals surface area contributed by atoms with E-state index in [2.05, 4.69) is 29.1 Å². The van der Waals surface area contributed by atoms with Gasteiger partial charge in [0, 0.05) is 43.1 Å². The van der Waals surface area contributed by atoms with E-state index in [0.717, 1.165) is 38.0 Å². The molecule has 0 aromatic carbocycles. The number of likely N-dealkylation sites (tertiary alicyclic amines) is 1. The first-order chi connectivity index (χ1) is 10.6. The van der Waals surface area contributed by atoms with Crippen LogP contribution in [0.1, 0.15) is 49.2 Å². The first-order valence-electron chi connectivity index (χ1n) is 7.94. The third-order valence-electron chi connectivity index (χ3n) is 4.47. The Balaban J connectivity index is 1.75. The number of hydrogen-bond donors (Lipinski definition) is 1. The summed E-state index contributed by atoms with van der Waals surface area (Å²) in [5.74, 6) is 0.0767. The van der Waals surface area contributed by atoms with E-state index in [0.29, 0.717) is 12.1 Å². The van der Waals surface area contributed by atoms with Gasteiger partial charge >= 0.3 is 0 Å². The number of carbonyl (C=O) groups excluding carboxylic acids is 1. The Morgan fingerprint density at radius 2 is 2.36 bits per heavy atom. The number of amides is 1. The Hall–Kier alpha value is -2.11. The van der Waals surface area contributed by atoms with Crippen LogP contribution in [0.2, 0.25) is 0 Å². The molecule has 0 aliphatic carbocycles. The number of aryl methyl sites for hydroxylation is 1. The molecule has 0 spiro atoms. The summed E-state index contributed by atoms with van der Waals surface area (Å²) in [4.78, 5) is 14.7. The molecule has 0 radical (unpaired) electrons. The van der Waals surface area contributed by atoms with Crippen LogP contribution in [0.4, 0.5) is 0 Å². The molecule has 6 nitrogen and oxygen atoms in total. The van der Waals surface area contributed by atoms with Gasteiger partial charge in [0.15, 0.2) is 0 Å². The molecule has 3 heterocycles. The Bertz CT molecular complexity index is 633. The minimum absolute atomic E-state index is 0.0518. The molecule has 1 amide bonds. The normalized spacial score (nSPS) is 22.0. The van der Waals surface area contributed by atoms with Crippen LogP contribution in [0.5, 0.6) is 0 Å². The van der Waals surface area contributed by atoms with Gasteiger partial charge in [-0.15, -0.1) is 0 Å². The van der Waals surface area contributed by atoms with Gasteiger partial charge in [0.05, 0.1) is 11.8 Å². The number of aromatic amines is 1. The lowest BCUT2D eigenvalue weighted by atomic mass is 9.79. The topological polar surface area (TPSA) is 66.8 Å². The minimum Gasteiger partial charge on any atom is -0.338 e. The maximum atomic E-state index is 12.7. The van der Waals surface area contributed by atoms with Gasteiger partial charge in [-0.25, -0.2) is 0 Å². The molecule has 1 N–H and O–H groups in total. The van der Waals surface area contributed by atoms with Crippen molar-refractivity contribution in [3.63, 3.8) is 0 Å². The summed E-state index contributed by atoms with van der Waals surface area (Å²) in [5.41, 5.74) is 1.73. The van der Waals surface area contributed by atoms with Gasteiger partial charge in [0.1, 0.15) is 0 Å². The molecule has 3 rings (SSSR count). The van der Waals surface area contributed by atoms with Gasteiger partial charge in [0.2, 0.25) is 0 Å². The lowest BCUT2D eigenvalue weighted by Crippen LogP contribution is -2.47. The summed E-state index contributed by atoms with van der Waals surface area (Å²) in [6, 6.07) is 2.01. The predicted octanol–water partition coefficient (Wildman–Crippen LogP) is 2.21. The van der Waals surface area contributed by atoms with E-state index >= 15 is 0 Å². The average Bonchev–Trinajstić information content (AvgIpc) is 3.19. The zero-order valence-corrected chi connectivity index (χ0v) is 13.2. The fourth-order valence-electron chi connectivity index (χ4n) is 3.23. The van der Waals surface area contributed by atoms with Crippen LogP contribution in [0, 0.1) is 0 Å². The molecule has 2 aromatic rings. The van der Waals surface area contributed by atoms with Crippen LogP contribution in [0.25, 0.3) is 0 Å². The molecule has 1 saturated heterocycles. The third kappa shape index (κ3) is 2.77. The van der Waals surface area contributed by atoms with Crippen molar-refractivity contribution in [3.05, 3.63) is 35.9 Å². The van der Waals surface area contributed by atoms with Gasteiger partial charge in [0.25, 0.3) is 5.91 Å². The fraction of sp³-hybridized carbons (Fsp3) is 0.562. The second-order valence-electron chi connectivity index (χ2n) is 6.35. The smallest absolute Gasteiger partial charge is 0.257 e. The van der Waals surface area contributed by atoms with Crippen molar-refractivity contribution in [2.24, 2.45) is 0 Å². The highest BCUT2D eigenvalue weighted by molar-refractivity contribution is 5.93. The predicted molar refractivity (Wildman–Crippen MR) is 83.6 cm³/mol. The number of hydrogen-bond acceptors (Lipinski definition) is 3. The van der Waals surface area contributed by atoms with Crippen molar-refractivity contribution >= 4 is 5.91 Å². The number of piperidine rings is 1.